The molecule has 162 valence electrons. The van der Waals surface area contributed by atoms with Crippen LogP contribution in [-0.4, -0.2) is 36.1 Å². The SMILES string of the molecule is c1ccc2c(CC[C@H]3c4cc5c(cc4CCN3CC3CCNCC3)ONO5)c[nH]c2c1. The molecule has 0 spiro atoms. The van der Waals surface area contributed by atoms with E-state index in [0.29, 0.717) is 6.04 Å². The summed E-state index contributed by atoms with van der Waals surface area (Å²) in [5.41, 5.74) is 7.99. The van der Waals surface area contributed by atoms with Crippen molar-refractivity contribution in [3.63, 3.8) is 0 Å². The summed E-state index contributed by atoms with van der Waals surface area (Å²) in [6.45, 7) is 4.60. The molecule has 31 heavy (non-hydrogen) atoms. The van der Waals surface area contributed by atoms with Crippen molar-refractivity contribution in [2.75, 3.05) is 26.2 Å². The van der Waals surface area contributed by atoms with Crippen molar-refractivity contribution in [2.45, 2.75) is 38.1 Å². The van der Waals surface area contributed by atoms with Crippen LogP contribution in [0.4, 0.5) is 0 Å². The van der Waals surface area contributed by atoms with E-state index in [0.717, 1.165) is 56.3 Å². The van der Waals surface area contributed by atoms with Gasteiger partial charge in [-0.25, -0.2) is 0 Å². The highest BCUT2D eigenvalue weighted by atomic mass is 16.9. The summed E-state index contributed by atoms with van der Waals surface area (Å²) in [5.74, 6) is 2.40. The predicted octanol–water partition coefficient (Wildman–Crippen LogP) is 3.89. The Balaban J connectivity index is 1.29. The summed E-state index contributed by atoms with van der Waals surface area (Å²) in [4.78, 5) is 17.1. The topological polar surface area (TPSA) is 61.6 Å². The molecule has 0 saturated carbocycles. The minimum Gasteiger partial charge on any atom is -0.370 e. The van der Waals surface area contributed by atoms with Gasteiger partial charge in [-0.1, -0.05) is 18.2 Å². The van der Waals surface area contributed by atoms with Crippen molar-refractivity contribution >= 4 is 10.9 Å². The Morgan fingerprint density at radius 2 is 1.87 bits per heavy atom. The Bertz CT molecular complexity index is 1070. The Labute approximate surface area is 182 Å². The zero-order valence-corrected chi connectivity index (χ0v) is 17.8. The molecule has 1 saturated heterocycles. The summed E-state index contributed by atoms with van der Waals surface area (Å²) in [7, 11) is 0. The number of nitrogens with zero attached hydrogens (tertiary/aromatic N) is 1. The molecule has 0 aliphatic carbocycles. The maximum Gasteiger partial charge on any atom is 0.196 e. The van der Waals surface area contributed by atoms with Crippen LogP contribution in [0.15, 0.2) is 42.6 Å². The maximum atomic E-state index is 5.50. The van der Waals surface area contributed by atoms with Gasteiger partial charge in [-0.15, -0.1) is 0 Å². The van der Waals surface area contributed by atoms with E-state index < -0.39 is 0 Å². The minimum atomic E-state index is 0.404. The van der Waals surface area contributed by atoms with Crippen molar-refractivity contribution in [3.8, 4) is 11.5 Å². The number of fused-ring (bicyclic) bond motifs is 3. The largest absolute Gasteiger partial charge is 0.370 e. The molecule has 0 radical (unpaired) electrons. The average molecular weight is 419 g/mol. The van der Waals surface area contributed by atoms with Gasteiger partial charge in [-0.3, -0.25) is 4.90 Å². The first-order valence-corrected chi connectivity index (χ1v) is 11.6. The zero-order valence-electron chi connectivity index (χ0n) is 17.8. The van der Waals surface area contributed by atoms with Gasteiger partial charge in [0, 0.05) is 41.9 Å². The average Bonchev–Trinajstić information content (AvgIpc) is 3.44. The predicted molar refractivity (Wildman–Crippen MR) is 121 cm³/mol. The summed E-state index contributed by atoms with van der Waals surface area (Å²) in [6.07, 6.45) is 7.99. The second-order valence-corrected chi connectivity index (χ2v) is 9.14. The van der Waals surface area contributed by atoms with E-state index in [4.69, 9.17) is 9.68 Å². The van der Waals surface area contributed by atoms with E-state index in [2.05, 4.69) is 63.4 Å². The quantitative estimate of drug-likeness (QED) is 0.587. The first kappa shape index (κ1) is 19.2. The standard InChI is InChI=1S/C25H30N4O2/c1-2-4-22-20(3-1)19(15-27-22)5-6-23-21-14-25-24(30-28-31-25)13-18(21)9-12-29(23)16-17-7-10-26-11-8-17/h1-4,13-15,17,23,26-28H,5-12,16H2/t23-/m0/s1. The molecular formula is C25H30N4O2. The van der Waals surface area contributed by atoms with Crippen LogP contribution in [0, 0.1) is 5.92 Å². The van der Waals surface area contributed by atoms with Crippen LogP contribution in [0.3, 0.4) is 0 Å². The van der Waals surface area contributed by atoms with Crippen molar-refractivity contribution in [3.05, 3.63) is 59.3 Å². The second kappa shape index (κ2) is 8.19. The third-order valence-corrected chi connectivity index (χ3v) is 7.29. The fourth-order valence-electron chi connectivity index (χ4n) is 5.61. The van der Waals surface area contributed by atoms with Crippen LogP contribution in [0.2, 0.25) is 0 Å². The van der Waals surface area contributed by atoms with E-state index in [1.807, 2.05) is 0 Å². The molecular weight excluding hydrogens is 388 g/mol. The maximum absolute atomic E-state index is 5.50. The van der Waals surface area contributed by atoms with Gasteiger partial charge in [0.15, 0.2) is 11.5 Å². The van der Waals surface area contributed by atoms with E-state index in [9.17, 15) is 0 Å². The second-order valence-electron chi connectivity index (χ2n) is 9.14. The van der Waals surface area contributed by atoms with Crippen LogP contribution in [0.25, 0.3) is 10.9 Å². The number of H-pyrrole nitrogens is 1. The molecule has 4 heterocycles. The normalized spacial score (nSPS) is 21.5. The highest BCUT2D eigenvalue weighted by molar-refractivity contribution is 5.83. The molecule has 6 heteroatoms. The van der Waals surface area contributed by atoms with Gasteiger partial charge in [0.25, 0.3) is 0 Å². The molecule has 3 aromatic rings. The lowest BCUT2D eigenvalue weighted by Gasteiger charge is -2.40. The Morgan fingerprint density at radius 1 is 1.03 bits per heavy atom. The molecule has 3 aliphatic rings. The number of aryl methyl sites for hydroxylation is 1. The molecule has 6 rings (SSSR count). The molecule has 1 aromatic heterocycles. The van der Waals surface area contributed by atoms with Crippen LogP contribution in [0.5, 0.6) is 11.5 Å². The van der Waals surface area contributed by atoms with Crippen molar-refractivity contribution in [2.24, 2.45) is 5.92 Å². The van der Waals surface area contributed by atoms with Gasteiger partial charge in [-0.2, -0.15) is 0 Å². The van der Waals surface area contributed by atoms with Gasteiger partial charge in [0.05, 0.1) is 0 Å². The van der Waals surface area contributed by atoms with E-state index >= 15 is 0 Å². The number of rotatable bonds is 5. The van der Waals surface area contributed by atoms with Gasteiger partial charge in [-0.05, 0) is 86.0 Å². The molecule has 0 bridgehead atoms. The number of para-hydroxylation sites is 1. The summed E-state index contributed by atoms with van der Waals surface area (Å²) in [6, 6.07) is 13.4. The number of aromatic amines is 1. The molecule has 0 unspecified atom stereocenters. The monoisotopic (exact) mass is 418 g/mol. The van der Waals surface area contributed by atoms with Crippen LogP contribution >= 0.6 is 0 Å². The molecule has 1 atom stereocenters. The fraction of sp³-hybridized carbons (Fsp3) is 0.440. The van der Waals surface area contributed by atoms with Crippen LogP contribution in [-0.2, 0) is 12.8 Å². The molecule has 3 N–H and O–H groups in total. The molecule has 3 aliphatic heterocycles. The minimum absolute atomic E-state index is 0.404. The molecule has 6 nitrogen and oxygen atoms in total. The third kappa shape index (κ3) is 3.69. The van der Waals surface area contributed by atoms with E-state index in [1.165, 1.54) is 47.0 Å². The van der Waals surface area contributed by atoms with Crippen molar-refractivity contribution in [1.29, 1.82) is 0 Å². The number of piperidine rings is 1. The number of aromatic nitrogens is 1. The fourth-order valence-corrected chi connectivity index (χ4v) is 5.61. The van der Waals surface area contributed by atoms with Gasteiger partial charge in [0.1, 0.15) is 0 Å². The summed E-state index contributed by atoms with van der Waals surface area (Å²) >= 11 is 0. The lowest BCUT2D eigenvalue weighted by molar-refractivity contribution is 0.0259. The zero-order chi connectivity index (χ0) is 20.6. The number of hydrogen-bond donors (Lipinski definition) is 3. The van der Waals surface area contributed by atoms with Crippen LogP contribution in [0.1, 0.15) is 42.0 Å². The smallest absolute Gasteiger partial charge is 0.196 e. The van der Waals surface area contributed by atoms with E-state index in [-0.39, 0.29) is 0 Å². The summed E-state index contributed by atoms with van der Waals surface area (Å²) in [5, 5.41) is 4.85. The van der Waals surface area contributed by atoms with Gasteiger partial charge >= 0.3 is 0 Å². The first-order valence-electron chi connectivity index (χ1n) is 11.6. The Kier molecular flexibility index (Phi) is 5.06. The Hall–Kier alpha value is -2.54. The molecule has 2 aromatic carbocycles. The number of nitrogens with one attached hydrogen (secondary N) is 3. The highest BCUT2D eigenvalue weighted by Crippen LogP contribution is 2.41. The highest BCUT2D eigenvalue weighted by Gasteiger charge is 2.32. The van der Waals surface area contributed by atoms with Crippen molar-refractivity contribution in [1.82, 2.24) is 20.8 Å². The first-order chi connectivity index (χ1) is 15.3. The lowest BCUT2D eigenvalue weighted by Crippen LogP contribution is -2.41. The van der Waals surface area contributed by atoms with Gasteiger partial charge in [0.2, 0.25) is 0 Å². The lowest BCUT2D eigenvalue weighted by atomic mass is 9.86. The summed E-state index contributed by atoms with van der Waals surface area (Å²) < 4.78 is 0. The third-order valence-electron chi connectivity index (χ3n) is 7.29. The number of benzene rings is 2. The number of hydrogen-bond acceptors (Lipinski definition) is 5. The van der Waals surface area contributed by atoms with E-state index in [1.54, 1.807) is 0 Å². The van der Waals surface area contributed by atoms with Gasteiger partial charge < -0.3 is 20.0 Å². The molecule has 0 amide bonds. The van der Waals surface area contributed by atoms with Crippen LogP contribution < -0.4 is 20.6 Å². The van der Waals surface area contributed by atoms with Crippen molar-refractivity contribution < 1.29 is 9.68 Å². The molecule has 1 fully saturated rings. The Morgan fingerprint density at radius 3 is 2.77 bits per heavy atom.